The van der Waals surface area contributed by atoms with Crippen molar-refractivity contribution in [1.29, 1.82) is 0 Å². The lowest BCUT2D eigenvalue weighted by Gasteiger charge is -2.25. The quantitative estimate of drug-likeness (QED) is 0.149. The average Bonchev–Trinajstić information content (AvgIpc) is 3.45. The molecule has 0 spiro atoms. The highest BCUT2D eigenvalue weighted by atomic mass is 35.5. The zero-order chi connectivity index (χ0) is 34.0. The predicted molar refractivity (Wildman–Crippen MR) is 164 cm³/mol. The predicted octanol–water partition coefficient (Wildman–Crippen LogP) is 1.50. The van der Waals surface area contributed by atoms with Gasteiger partial charge in [0.1, 0.15) is 24.7 Å². The minimum absolute atomic E-state index is 0.0255. The van der Waals surface area contributed by atoms with Gasteiger partial charge in [-0.25, -0.2) is 4.79 Å². The van der Waals surface area contributed by atoms with E-state index in [2.05, 4.69) is 31.4 Å². The molecule has 0 radical (unpaired) electrons. The normalized spacial score (nSPS) is 12.9. The van der Waals surface area contributed by atoms with E-state index in [1.165, 1.54) is 25.1 Å². The van der Waals surface area contributed by atoms with E-state index in [0.717, 1.165) is 10.4 Å². The lowest BCUT2D eigenvalue weighted by Crippen LogP contribution is -2.56. The number of aryl methyl sites for hydroxylation is 1. The molecule has 3 aromatic rings. The number of carboxylic acid groups (broad SMARTS) is 2. The van der Waals surface area contributed by atoms with E-state index >= 15 is 0 Å². The molecule has 46 heavy (non-hydrogen) atoms. The first-order valence-electron chi connectivity index (χ1n) is 14.2. The number of amides is 3. The third-order valence-corrected chi connectivity index (χ3v) is 7.12. The van der Waals surface area contributed by atoms with Crippen LogP contribution < -0.4 is 16.0 Å². The summed E-state index contributed by atoms with van der Waals surface area (Å²) in [4.78, 5) is 75.5. The van der Waals surface area contributed by atoms with E-state index in [1.54, 1.807) is 13.8 Å². The monoisotopic (exact) mass is 655 g/mol. The first kappa shape index (κ1) is 35.3. The van der Waals surface area contributed by atoms with Gasteiger partial charge in [-0.05, 0) is 42.2 Å². The van der Waals surface area contributed by atoms with Crippen LogP contribution in [0.2, 0.25) is 5.02 Å². The van der Waals surface area contributed by atoms with Gasteiger partial charge < -0.3 is 26.2 Å². The van der Waals surface area contributed by atoms with E-state index in [9.17, 15) is 39.0 Å². The van der Waals surface area contributed by atoms with Gasteiger partial charge in [-0.2, -0.15) is 4.80 Å². The van der Waals surface area contributed by atoms with Crippen LogP contribution in [-0.4, -0.2) is 84.0 Å². The maximum Gasteiger partial charge on any atom is 0.336 e. The molecule has 3 atom stereocenters. The van der Waals surface area contributed by atoms with Crippen LogP contribution in [0.1, 0.15) is 49.5 Å². The number of benzene rings is 2. The Morgan fingerprint density at radius 3 is 2.22 bits per heavy atom. The number of aromatic nitrogens is 4. The first-order valence-corrected chi connectivity index (χ1v) is 14.6. The van der Waals surface area contributed by atoms with Crippen LogP contribution >= 0.6 is 11.6 Å². The van der Waals surface area contributed by atoms with Crippen molar-refractivity contribution in [2.45, 2.75) is 64.7 Å². The Morgan fingerprint density at radius 1 is 0.891 bits per heavy atom. The molecule has 3 amide bonds. The van der Waals surface area contributed by atoms with Crippen LogP contribution in [0, 0.1) is 5.92 Å². The second-order valence-electron chi connectivity index (χ2n) is 10.7. The molecule has 0 fully saturated rings. The van der Waals surface area contributed by atoms with Crippen molar-refractivity contribution in [2.24, 2.45) is 5.92 Å². The van der Waals surface area contributed by atoms with Gasteiger partial charge in [-0.15, -0.1) is 10.2 Å². The summed E-state index contributed by atoms with van der Waals surface area (Å²) >= 11 is 6.14. The zero-order valence-electron chi connectivity index (χ0n) is 25.3. The molecule has 0 aliphatic carbocycles. The van der Waals surface area contributed by atoms with Gasteiger partial charge >= 0.3 is 11.9 Å². The van der Waals surface area contributed by atoms with Crippen molar-refractivity contribution < 1.29 is 39.0 Å². The number of halogens is 1. The molecule has 2 aromatic carbocycles. The van der Waals surface area contributed by atoms with Crippen molar-refractivity contribution in [2.75, 3.05) is 0 Å². The summed E-state index contributed by atoms with van der Waals surface area (Å²) in [6, 6.07) is 9.82. The molecule has 1 heterocycles. The van der Waals surface area contributed by atoms with Gasteiger partial charge in [0.2, 0.25) is 23.5 Å². The fourth-order valence-electron chi connectivity index (χ4n) is 4.36. The lowest BCUT2D eigenvalue weighted by atomic mass is 10.0. The Kier molecular flexibility index (Phi) is 12.4. The van der Waals surface area contributed by atoms with E-state index < -0.39 is 60.6 Å². The van der Waals surface area contributed by atoms with Crippen LogP contribution in [0.3, 0.4) is 0 Å². The number of carbonyl (C=O) groups is 6. The second-order valence-corrected chi connectivity index (χ2v) is 11.1. The number of Topliss-reactive ketones (excluding diaryl/α,β-unsaturated/α-hetero) is 1. The van der Waals surface area contributed by atoms with Crippen molar-refractivity contribution in [1.82, 2.24) is 36.2 Å². The summed E-state index contributed by atoms with van der Waals surface area (Å²) in [5.74, 6) is -5.82. The molecule has 0 bridgehead atoms. The summed E-state index contributed by atoms with van der Waals surface area (Å²) < 4.78 is 0. The Labute approximate surface area is 268 Å². The highest BCUT2D eigenvalue weighted by Gasteiger charge is 2.30. The smallest absolute Gasteiger partial charge is 0.336 e. The van der Waals surface area contributed by atoms with Gasteiger partial charge in [0, 0.05) is 6.42 Å². The number of aliphatic carboxylic acids is 1. The summed E-state index contributed by atoms with van der Waals surface area (Å²) in [7, 11) is 0. The van der Waals surface area contributed by atoms with Crippen molar-refractivity contribution in [3.63, 3.8) is 0 Å². The highest BCUT2D eigenvalue weighted by molar-refractivity contribution is 6.34. The van der Waals surface area contributed by atoms with Gasteiger partial charge in [-0.3, -0.25) is 24.0 Å². The van der Waals surface area contributed by atoms with Crippen LogP contribution in [0.4, 0.5) is 0 Å². The molecule has 0 aliphatic rings. The number of ketones is 1. The van der Waals surface area contributed by atoms with Crippen LogP contribution in [0.15, 0.2) is 48.5 Å². The van der Waals surface area contributed by atoms with Gasteiger partial charge in [0.25, 0.3) is 0 Å². The van der Waals surface area contributed by atoms with Crippen molar-refractivity contribution in [3.05, 3.63) is 64.7 Å². The fourth-order valence-corrected chi connectivity index (χ4v) is 4.62. The number of carbonyl (C=O) groups excluding carboxylic acids is 4. The Morgan fingerprint density at radius 2 is 1.59 bits per heavy atom. The third kappa shape index (κ3) is 9.92. The summed E-state index contributed by atoms with van der Waals surface area (Å²) in [6.45, 7) is 4.18. The molecular weight excluding hydrogens is 622 g/mol. The van der Waals surface area contributed by atoms with Crippen LogP contribution in [0.5, 0.6) is 0 Å². The molecule has 3 rings (SSSR count). The fraction of sp³-hybridized carbons (Fsp3) is 0.367. The number of carboxylic acids is 2. The lowest BCUT2D eigenvalue weighted by molar-refractivity contribution is -0.140. The van der Waals surface area contributed by atoms with Crippen molar-refractivity contribution >= 4 is 47.0 Å². The molecule has 16 heteroatoms. The molecular formula is C30H34ClN7O8. The maximum atomic E-state index is 13.0. The standard InChI is InChI=1S/C30H34ClN7O8/c1-16(2)26(34-23(40)13-12-18-8-5-4-6-9-18)29(44)32-17(3)28(43)33-21(14-24(41)42)22(39)15-38-36-27(35-37-38)25-19(30(45)46)10-7-11-20(25)31/h4-11,16-17,21,26H,12-15H2,1-3H3,(H,32,44)(H,33,43)(H,34,40)(H,41,42)(H,45,46)/t17-,21?,26-/m0/s1. The maximum absolute atomic E-state index is 13.0. The van der Waals surface area contributed by atoms with Crippen molar-refractivity contribution in [3.8, 4) is 11.4 Å². The molecule has 0 aliphatic heterocycles. The number of nitrogens with one attached hydrogen (secondary N) is 3. The molecule has 1 unspecified atom stereocenters. The molecule has 0 saturated heterocycles. The number of rotatable bonds is 16. The number of nitrogens with zero attached hydrogens (tertiary/aromatic N) is 4. The molecule has 5 N–H and O–H groups in total. The Balaban J connectivity index is 1.63. The number of tetrazole rings is 1. The minimum atomic E-state index is -1.53. The topological polar surface area (TPSA) is 223 Å². The highest BCUT2D eigenvalue weighted by Crippen LogP contribution is 2.28. The van der Waals surface area contributed by atoms with Gasteiger partial charge in [-0.1, -0.05) is 61.8 Å². The second kappa shape index (κ2) is 16.2. The van der Waals surface area contributed by atoms with Gasteiger partial charge in [0.05, 0.1) is 22.6 Å². The van der Waals surface area contributed by atoms with E-state index in [0.29, 0.717) is 6.42 Å². The Bertz CT molecular complexity index is 1590. The zero-order valence-corrected chi connectivity index (χ0v) is 26.0. The number of aromatic carboxylic acids is 1. The van der Waals surface area contributed by atoms with E-state index in [4.69, 9.17) is 11.6 Å². The van der Waals surface area contributed by atoms with E-state index in [1.807, 2.05) is 30.3 Å². The molecule has 244 valence electrons. The van der Waals surface area contributed by atoms with Gasteiger partial charge in [0.15, 0.2) is 5.78 Å². The largest absolute Gasteiger partial charge is 0.481 e. The summed E-state index contributed by atoms with van der Waals surface area (Å²) in [6.07, 6.45) is -0.158. The third-order valence-electron chi connectivity index (χ3n) is 6.80. The molecule has 15 nitrogen and oxygen atoms in total. The Hall–Kier alpha value is -5.18. The SMILES string of the molecule is CC(C)[C@H](NC(=O)CCc1ccccc1)C(=O)N[C@@H](C)C(=O)NC(CC(=O)O)C(=O)Cn1nnc(-c2c(Cl)cccc2C(=O)O)n1. The van der Waals surface area contributed by atoms with Crippen LogP contribution in [-0.2, 0) is 36.9 Å². The first-order chi connectivity index (χ1) is 21.8. The molecule has 1 aromatic heterocycles. The van der Waals surface area contributed by atoms with E-state index in [-0.39, 0.29) is 40.2 Å². The van der Waals surface area contributed by atoms with Crippen LogP contribution in [0.25, 0.3) is 11.4 Å². The number of hydrogen-bond acceptors (Lipinski definition) is 9. The summed E-state index contributed by atoms with van der Waals surface area (Å²) in [5, 5.41) is 37.9. The minimum Gasteiger partial charge on any atom is -0.481 e. The summed E-state index contributed by atoms with van der Waals surface area (Å²) in [5.41, 5.74) is 0.742. The number of hydrogen-bond donors (Lipinski definition) is 5. The molecule has 0 saturated carbocycles. The average molecular weight is 656 g/mol.